The number of methoxy groups -OCH3 is 1. The molecule has 3 aromatic rings. The summed E-state index contributed by atoms with van der Waals surface area (Å²) in [7, 11) is 3.34. The summed E-state index contributed by atoms with van der Waals surface area (Å²) in [6, 6.07) is 8.53. The monoisotopic (exact) mass is 387 g/mol. The molecule has 7 heteroatoms. The molecule has 0 saturated heterocycles. The molecule has 2 aromatic carbocycles. The van der Waals surface area contributed by atoms with Crippen LogP contribution in [-0.4, -0.2) is 35.2 Å². The van der Waals surface area contributed by atoms with Crippen molar-refractivity contribution in [3.8, 4) is 16.9 Å². The summed E-state index contributed by atoms with van der Waals surface area (Å²) >= 11 is 3.60. The van der Waals surface area contributed by atoms with Gasteiger partial charge in [-0.2, -0.15) is 0 Å². The second kappa shape index (κ2) is 6.45. The lowest BCUT2D eigenvalue weighted by Crippen LogP contribution is -1.99. The van der Waals surface area contributed by atoms with Crippen molar-refractivity contribution < 1.29 is 14.6 Å². The third-order valence-corrected chi connectivity index (χ3v) is 4.51. The molecule has 0 radical (unpaired) electrons. The molecule has 0 amide bonds. The minimum Gasteiger partial charge on any atom is -0.494 e. The van der Waals surface area contributed by atoms with Gasteiger partial charge < -0.3 is 15.2 Å². The molecular weight excluding hydrogens is 374 g/mol. The lowest BCUT2D eigenvalue weighted by atomic mass is 10.0. The molecule has 122 valence electrons. The van der Waals surface area contributed by atoms with Gasteiger partial charge in [0.15, 0.2) is 0 Å². The van der Waals surface area contributed by atoms with Crippen LogP contribution in [0.4, 0.5) is 5.95 Å². The van der Waals surface area contributed by atoms with E-state index in [2.05, 4.69) is 31.2 Å². The Morgan fingerprint density at radius 3 is 2.58 bits per heavy atom. The number of nitrogens with one attached hydrogen (secondary N) is 1. The summed E-state index contributed by atoms with van der Waals surface area (Å²) in [6.07, 6.45) is 1.72. The van der Waals surface area contributed by atoms with Crippen molar-refractivity contribution in [2.45, 2.75) is 0 Å². The van der Waals surface area contributed by atoms with Crippen LogP contribution < -0.4 is 10.1 Å². The fraction of sp³-hybridized carbons (Fsp3) is 0.118. The lowest BCUT2D eigenvalue weighted by molar-refractivity contribution is 0.0697. The highest BCUT2D eigenvalue weighted by atomic mass is 79.9. The second-order valence-corrected chi connectivity index (χ2v) is 5.82. The number of carboxylic acids is 1. The number of benzene rings is 2. The first kappa shape index (κ1) is 16.2. The molecule has 0 fully saturated rings. The molecule has 6 nitrogen and oxygen atoms in total. The third-order valence-electron chi connectivity index (χ3n) is 3.66. The Labute approximate surface area is 146 Å². The van der Waals surface area contributed by atoms with Gasteiger partial charge in [-0.05, 0) is 39.7 Å². The Balaban J connectivity index is 2.21. The Bertz CT molecular complexity index is 927. The van der Waals surface area contributed by atoms with Crippen molar-refractivity contribution in [1.82, 2.24) is 9.97 Å². The molecule has 0 aliphatic heterocycles. The molecule has 0 bridgehead atoms. The van der Waals surface area contributed by atoms with Crippen molar-refractivity contribution >= 4 is 38.8 Å². The summed E-state index contributed by atoms with van der Waals surface area (Å²) in [5.41, 5.74) is 2.67. The number of aromatic carboxylic acids is 1. The Kier molecular flexibility index (Phi) is 4.35. The number of carboxylic acid groups (broad SMARTS) is 1. The topological polar surface area (TPSA) is 84.3 Å². The van der Waals surface area contributed by atoms with Crippen molar-refractivity contribution in [2.24, 2.45) is 0 Å². The van der Waals surface area contributed by atoms with E-state index in [-0.39, 0.29) is 5.56 Å². The van der Waals surface area contributed by atoms with Gasteiger partial charge in [0, 0.05) is 28.7 Å². The van der Waals surface area contributed by atoms with Crippen LogP contribution in [0.2, 0.25) is 0 Å². The summed E-state index contributed by atoms with van der Waals surface area (Å²) in [6.45, 7) is 0. The molecule has 0 atom stereocenters. The lowest BCUT2D eigenvalue weighted by Gasteiger charge is -2.13. The number of nitrogens with zero attached hydrogens (tertiary/aromatic N) is 2. The minimum atomic E-state index is -0.954. The molecule has 1 heterocycles. The molecular formula is C17H14BrN3O3. The molecule has 24 heavy (non-hydrogen) atoms. The minimum absolute atomic E-state index is 0.240. The van der Waals surface area contributed by atoms with E-state index in [9.17, 15) is 4.79 Å². The van der Waals surface area contributed by atoms with E-state index in [1.165, 1.54) is 0 Å². The van der Waals surface area contributed by atoms with Gasteiger partial charge >= 0.3 is 5.97 Å². The van der Waals surface area contributed by atoms with Gasteiger partial charge in [-0.25, -0.2) is 14.8 Å². The number of rotatable bonds is 4. The maximum absolute atomic E-state index is 11.0. The van der Waals surface area contributed by atoms with E-state index < -0.39 is 5.97 Å². The average Bonchev–Trinajstić information content (AvgIpc) is 2.62. The zero-order valence-electron chi connectivity index (χ0n) is 13.0. The van der Waals surface area contributed by atoms with E-state index in [0.717, 1.165) is 21.0 Å². The van der Waals surface area contributed by atoms with Crippen molar-refractivity contribution in [3.63, 3.8) is 0 Å². The fourth-order valence-corrected chi connectivity index (χ4v) is 3.05. The summed E-state index contributed by atoms with van der Waals surface area (Å²) in [4.78, 5) is 19.7. The fourth-order valence-electron chi connectivity index (χ4n) is 2.42. The Morgan fingerprint density at radius 2 is 2.00 bits per heavy atom. The van der Waals surface area contributed by atoms with E-state index in [4.69, 9.17) is 9.84 Å². The van der Waals surface area contributed by atoms with Gasteiger partial charge in [0.2, 0.25) is 5.95 Å². The molecule has 0 aliphatic rings. The quantitative estimate of drug-likeness (QED) is 0.707. The van der Waals surface area contributed by atoms with Crippen LogP contribution in [0.25, 0.3) is 22.0 Å². The van der Waals surface area contributed by atoms with Crippen LogP contribution in [-0.2, 0) is 0 Å². The SMILES string of the molecule is CNc1ncc2c(Br)c(-c3ccc(C(=O)O)cc3)cc(OC)c2n1. The van der Waals surface area contributed by atoms with Crippen LogP contribution >= 0.6 is 15.9 Å². The van der Waals surface area contributed by atoms with E-state index in [1.807, 2.05) is 6.07 Å². The first-order chi connectivity index (χ1) is 11.5. The molecule has 1 aromatic heterocycles. The number of aromatic nitrogens is 2. The zero-order valence-corrected chi connectivity index (χ0v) is 14.6. The van der Waals surface area contributed by atoms with Gasteiger partial charge in [-0.3, -0.25) is 0 Å². The van der Waals surface area contributed by atoms with Gasteiger partial charge in [-0.15, -0.1) is 0 Å². The molecule has 0 saturated carbocycles. The number of halogens is 1. The number of fused-ring (bicyclic) bond motifs is 1. The van der Waals surface area contributed by atoms with Crippen molar-refractivity contribution in [3.05, 3.63) is 46.6 Å². The number of hydrogen-bond donors (Lipinski definition) is 2. The standard InChI is InChI=1S/C17H14BrN3O3/c1-19-17-20-8-12-14(18)11(7-13(24-2)15(12)21-17)9-3-5-10(6-4-9)16(22)23/h3-8H,1-2H3,(H,22,23)(H,19,20,21). The molecule has 0 spiro atoms. The summed E-state index contributed by atoms with van der Waals surface area (Å²) in [5, 5.41) is 12.7. The van der Waals surface area contributed by atoms with Crippen LogP contribution in [0.1, 0.15) is 10.4 Å². The average molecular weight is 388 g/mol. The zero-order chi connectivity index (χ0) is 17.3. The van der Waals surface area contributed by atoms with Crippen LogP contribution in [0.3, 0.4) is 0 Å². The van der Waals surface area contributed by atoms with E-state index >= 15 is 0 Å². The number of ether oxygens (including phenoxy) is 1. The van der Waals surface area contributed by atoms with Gasteiger partial charge in [0.1, 0.15) is 11.3 Å². The van der Waals surface area contributed by atoms with Gasteiger partial charge in [0.05, 0.1) is 12.7 Å². The number of anilines is 1. The van der Waals surface area contributed by atoms with Crippen LogP contribution in [0.5, 0.6) is 5.75 Å². The van der Waals surface area contributed by atoms with E-state index in [1.54, 1.807) is 44.6 Å². The summed E-state index contributed by atoms with van der Waals surface area (Å²) in [5.74, 6) is 0.167. The third kappa shape index (κ3) is 2.78. The maximum atomic E-state index is 11.0. The highest BCUT2D eigenvalue weighted by molar-refractivity contribution is 9.10. The smallest absolute Gasteiger partial charge is 0.335 e. The van der Waals surface area contributed by atoms with Crippen molar-refractivity contribution in [1.29, 1.82) is 0 Å². The maximum Gasteiger partial charge on any atom is 0.335 e. The molecule has 3 rings (SSSR count). The Morgan fingerprint density at radius 1 is 1.29 bits per heavy atom. The van der Waals surface area contributed by atoms with Gasteiger partial charge in [0.25, 0.3) is 0 Å². The molecule has 0 unspecified atom stereocenters. The van der Waals surface area contributed by atoms with E-state index in [0.29, 0.717) is 17.2 Å². The molecule has 2 N–H and O–H groups in total. The number of carbonyl (C=O) groups is 1. The van der Waals surface area contributed by atoms with Crippen molar-refractivity contribution in [2.75, 3.05) is 19.5 Å². The number of hydrogen-bond acceptors (Lipinski definition) is 5. The predicted molar refractivity (Wildman–Crippen MR) is 95.7 cm³/mol. The highest BCUT2D eigenvalue weighted by Gasteiger charge is 2.15. The molecule has 0 aliphatic carbocycles. The Hall–Kier alpha value is -2.67. The normalized spacial score (nSPS) is 10.6. The largest absolute Gasteiger partial charge is 0.494 e. The second-order valence-electron chi connectivity index (χ2n) is 5.03. The van der Waals surface area contributed by atoms with Crippen LogP contribution in [0.15, 0.2) is 41.0 Å². The van der Waals surface area contributed by atoms with Crippen LogP contribution in [0, 0.1) is 0 Å². The highest BCUT2D eigenvalue weighted by Crippen LogP contribution is 2.39. The first-order valence-electron chi connectivity index (χ1n) is 7.10. The predicted octanol–water partition coefficient (Wildman–Crippen LogP) is 3.81. The first-order valence-corrected chi connectivity index (χ1v) is 7.89. The summed E-state index contributed by atoms with van der Waals surface area (Å²) < 4.78 is 6.30. The van der Waals surface area contributed by atoms with Gasteiger partial charge in [-0.1, -0.05) is 12.1 Å².